The van der Waals surface area contributed by atoms with Gasteiger partial charge in [-0.3, -0.25) is 4.79 Å². The Balaban J connectivity index is 2.10. The molecule has 4 heteroatoms. The largest absolute Gasteiger partial charge is 0.370 e. The molecule has 2 rings (SSSR count). The molecule has 1 aromatic carbocycles. The van der Waals surface area contributed by atoms with Gasteiger partial charge in [-0.05, 0) is 31.5 Å². The summed E-state index contributed by atoms with van der Waals surface area (Å²) in [5, 5.41) is 3.12. The maximum atomic E-state index is 12.4. The summed E-state index contributed by atoms with van der Waals surface area (Å²) in [6, 6.07) is 13.6. The van der Waals surface area contributed by atoms with Crippen LogP contribution in [0, 0.1) is 6.92 Å². The van der Waals surface area contributed by atoms with Gasteiger partial charge in [0.1, 0.15) is 11.5 Å². The molecule has 0 aliphatic heterocycles. The van der Waals surface area contributed by atoms with Crippen molar-refractivity contribution in [1.29, 1.82) is 0 Å². The first-order chi connectivity index (χ1) is 10.1. The van der Waals surface area contributed by atoms with E-state index >= 15 is 0 Å². The van der Waals surface area contributed by atoms with Gasteiger partial charge in [-0.1, -0.05) is 35.9 Å². The molecule has 0 saturated carbocycles. The van der Waals surface area contributed by atoms with Crippen molar-refractivity contribution >= 4 is 11.7 Å². The Kier molecular flexibility index (Phi) is 4.93. The maximum absolute atomic E-state index is 12.4. The monoisotopic (exact) mass is 283 g/mol. The summed E-state index contributed by atoms with van der Waals surface area (Å²) in [4.78, 5) is 18.5. The second-order valence-electron chi connectivity index (χ2n) is 5.09. The molecule has 21 heavy (non-hydrogen) atoms. The van der Waals surface area contributed by atoms with E-state index in [1.54, 1.807) is 18.0 Å². The van der Waals surface area contributed by atoms with Crippen LogP contribution in [0.4, 0.5) is 5.82 Å². The van der Waals surface area contributed by atoms with Gasteiger partial charge < -0.3 is 10.2 Å². The van der Waals surface area contributed by atoms with Crippen LogP contribution in [0.5, 0.6) is 0 Å². The number of nitrogens with zero attached hydrogens (tertiary/aromatic N) is 2. The lowest BCUT2D eigenvalue weighted by atomic mass is 10.1. The summed E-state index contributed by atoms with van der Waals surface area (Å²) >= 11 is 0. The number of aryl methyl sites for hydroxylation is 1. The lowest BCUT2D eigenvalue weighted by molar-refractivity contribution is 0.0779. The minimum Gasteiger partial charge on any atom is -0.370 e. The van der Waals surface area contributed by atoms with E-state index in [9.17, 15) is 4.79 Å². The van der Waals surface area contributed by atoms with Crippen molar-refractivity contribution in [3.05, 3.63) is 59.3 Å². The van der Waals surface area contributed by atoms with E-state index in [1.165, 1.54) is 5.56 Å². The van der Waals surface area contributed by atoms with Gasteiger partial charge in [0.05, 0.1) is 0 Å². The summed E-state index contributed by atoms with van der Waals surface area (Å²) in [7, 11) is 1.80. The number of carbonyl (C=O) groups excluding carboxylic acids is 1. The summed E-state index contributed by atoms with van der Waals surface area (Å²) in [6.07, 6.45) is 0. The second-order valence-corrected chi connectivity index (χ2v) is 5.09. The molecule has 1 amide bonds. The molecule has 4 nitrogen and oxygen atoms in total. The van der Waals surface area contributed by atoms with Crippen LogP contribution in [-0.4, -0.2) is 29.4 Å². The smallest absolute Gasteiger partial charge is 0.272 e. The fourth-order valence-electron chi connectivity index (χ4n) is 2.19. The Morgan fingerprint density at radius 3 is 2.71 bits per heavy atom. The normalized spacial score (nSPS) is 10.2. The van der Waals surface area contributed by atoms with Gasteiger partial charge in [0, 0.05) is 20.1 Å². The van der Waals surface area contributed by atoms with Gasteiger partial charge in [0.2, 0.25) is 0 Å². The first kappa shape index (κ1) is 15.0. The number of benzene rings is 1. The van der Waals surface area contributed by atoms with Gasteiger partial charge >= 0.3 is 0 Å². The molecule has 0 aliphatic carbocycles. The fraction of sp³-hybridized carbons (Fsp3) is 0.294. The molecule has 0 bridgehead atoms. The number of amides is 1. The van der Waals surface area contributed by atoms with E-state index in [4.69, 9.17) is 0 Å². The third kappa shape index (κ3) is 4.05. The van der Waals surface area contributed by atoms with Crippen LogP contribution in [0.2, 0.25) is 0 Å². The average molecular weight is 283 g/mol. The quantitative estimate of drug-likeness (QED) is 0.917. The Hall–Kier alpha value is -2.36. The molecule has 0 spiro atoms. The lowest BCUT2D eigenvalue weighted by Gasteiger charge is -2.17. The van der Waals surface area contributed by atoms with Crippen LogP contribution >= 0.6 is 0 Å². The molecule has 110 valence electrons. The zero-order valence-electron chi connectivity index (χ0n) is 12.8. The zero-order chi connectivity index (χ0) is 15.2. The molecule has 1 N–H and O–H groups in total. The van der Waals surface area contributed by atoms with Crippen molar-refractivity contribution in [2.75, 3.05) is 18.9 Å². The summed E-state index contributed by atoms with van der Waals surface area (Å²) in [5.74, 6) is 0.656. The third-order valence-corrected chi connectivity index (χ3v) is 3.18. The van der Waals surface area contributed by atoms with Crippen LogP contribution in [-0.2, 0) is 6.54 Å². The molecule has 1 heterocycles. The number of carbonyl (C=O) groups is 1. The van der Waals surface area contributed by atoms with Crippen LogP contribution < -0.4 is 5.32 Å². The van der Waals surface area contributed by atoms with E-state index in [2.05, 4.69) is 16.4 Å². The van der Waals surface area contributed by atoms with E-state index in [-0.39, 0.29) is 5.91 Å². The number of hydrogen-bond acceptors (Lipinski definition) is 3. The SMILES string of the molecule is CCNc1cccc(C(=O)N(C)Cc2cccc(C)c2)n1. The lowest BCUT2D eigenvalue weighted by Crippen LogP contribution is -2.27. The predicted molar refractivity (Wildman–Crippen MR) is 85.4 cm³/mol. The minimum atomic E-state index is -0.0729. The molecule has 2 aromatic rings. The van der Waals surface area contributed by atoms with Crippen molar-refractivity contribution in [2.24, 2.45) is 0 Å². The molecule has 0 saturated heterocycles. The zero-order valence-corrected chi connectivity index (χ0v) is 12.8. The number of aromatic nitrogens is 1. The van der Waals surface area contributed by atoms with Gasteiger partial charge in [-0.2, -0.15) is 0 Å². The Morgan fingerprint density at radius 1 is 1.24 bits per heavy atom. The fourth-order valence-corrected chi connectivity index (χ4v) is 2.19. The molecule has 1 aromatic heterocycles. The highest BCUT2D eigenvalue weighted by atomic mass is 16.2. The second kappa shape index (κ2) is 6.88. The number of hydrogen-bond donors (Lipinski definition) is 1. The van der Waals surface area contributed by atoms with Crippen LogP contribution in [0.1, 0.15) is 28.5 Å². The van der Waals surface area contributed by atoms with Crippen molar-refractivity contribution in [3.8, 4) is 0 Å². The average Bonchev–Trinajstić information content (AvgIpc) is 2.47. The van der Waals surface area contributed by atoms with Crippen LogP contribution in [0.15, 0.2) is 42.5 Å². The molecule has 0 radical (unpaired) electrons. The van der Waals surface area contributed by atoms with E-state index in [1.807, 2.05) is 44.2 Å². The van der Waals surface area contributed by atoms with E-state index < -0.39 is 0 Å². The van der Waals surface area contributed by atoms with Gasteiger partial charge in [0.15, 0.2) is 0 Å². The van der Waals surface area contributed by atoms with Gasteiger partial charge in [-0.15, -0.1) is 0 Å². The highest BCUT2D eigenvalue weighted by molar-refractivity contribution is 5.92. The first-order valence-corrected chi connectivity index (χ1v) is 7.12. The molecule has 0 atom stereocenters. The Labute approximate surface area is 125 Å². The third-order valence-electron chi connectivity index (χ3n) is 3.18. The summed E-state index contributed by atoms with van der Waals surface area (Å²) in [6.45, 7) is 5.41. The van der Waals surface area contributed by atoms with E-state index in [0.29, 0.717) is 12.2 Å². The Morgan fingerprint density at radius 2 is 2.00 bits per heavy atom. The van der Waals surface area contributed by atoms with Crippen molar-refractivity contribution in [3.63, 3.8) is 0 Å². The van der Waals surface area contributed by atoms with Gasteiger partial charge in [0.25, 0.3) is 5.91 Å². The predicted octanol–water partition coefficient (Wildman–Crippen LogP) is 3.09. The van der Waals surface area contributed by atoms with Crippen LogP contribution in [0.3, 0.4) is 0 Å². The number of rotatable bonds is 5. The van der Waals surface area contributed by atoms with Crippen molar-refractivity contribution in [1.82, 2.24) is 9.88 Å². The number of pyridine rings is 1. The van der Waals surface area contributed by atoms with Crippen molar-refractivity contribution < 1.29 is 4.79 Å². The molecule has 0 unspecified atom stereocenters. The van der Waals surface area contributed by atoms with Crippen molar-refractivity contribution in [2.45, 2.75) is 20.4 Å². The first-order valence-electron chi connectivity index (χ1n) is 7.12. The highest BCUT2D eigenvalue weighted by Gasteiger charge is 2.13. The summed E-state index contributed by atoms with van der Waals surface area (Å²) in [5.41, 5.74) is 2.78. The molecular weight excluding hydrogens is 262 g/mol. The molecule has 0 aliphatic rings. The van der Waals surface area contributed by atoms with Gasteiger partial charge in [-0.25, -0.2) is 4.98 Å². The standard InChI is InChI=1S/C17H21N3O/c1-4-18-16-10-6-9-15(19-16)17(21)20(3)12-14-8-5-7-13(2)11-14/h5-11H,4,12H2,1-3H3,(H,18,19). The van der Waals surface area contributed by atoms with E-state index in [0.717, 1.165) is 17.9 Å². The van der Waals surface area contributed by atoms with Crippen LogP contribution in [0.25, 0.3) is 0 Å². The topological polar surface area (TPSA) is 45.2 Å². The Bertz CT molecular complexity index is 625. The highest BCUT2D eigenvalue weighted by Crippen LogP contribution is 2.11. The molecular formula is C17H21N3O. The maximum Gasteiger partial charge on any atom is 0.272 e. The summed E-state index contributed by atoms with van der Waals surface area (Å²) < 4.78 is 0. The molecule has 0 fully saturated rings. The number of nitrogens with one attached hydrogen (secondary N) is 1. The number of anilines is 1. The minimum absolute atomic E-state index is 0.0729.